The summed E-state index contributed by atoms with van der Waals surface area (Å²) < 4.78 is 11.6. The second kappa shape index (κ2) is 16.4. The Morgan fingerprint density at radius 2 is 1.40 bits per heavy atom. The number of ether oxygens (including phenoxy) is 1. The van der Waals surface area contributed by atoms with Crippen LogP contribution in [0.1, 0.15) is 124 Å². The molecular weight excluding hydrogens is 498 g/mol. The van der Waals surface area contributed by atoms with Crippen LogP contribution in [0, 0.1) is 0 Å². The number of benzene rings is 2. The van der Waals surface area contributed by atoms with Gasteiger partial charge in [-0.2, -0.15) is 0 Å². The lowest BCUT2D eigenvalue weighted by Crippen LogP contribution is -2.27. The zero-order chi connectivity index (χ0) is 28.9. The molecule has 2 aromatic carbocycles. The highest BCUT2D eigenvalue weighted by atomic mass is 16.5. The number of unbranched alkanes of at least 4 members (excludes halogenated alkanes) is 4. The Balaban J connectivity index is 1.79. The van der Waals surface area contributed by atoms with Gasteiger partial charge in [0.25, 0.3) is 0 Å². The fraction of sp³-hybridized carbons (Fsp3) is 0.543. The normalized spacial score (nSPS) is 11.6. The zero-order valence-corrected chi connectivity index (χ0v) is 25.4. The van der Waals surface area contributed by atoms with Gasteiger partial charge in [-0.15, -0.1) is 0 Å². The third-order valence-corrected chi connectivity index (χ3v) is 7.39. The van der Waals surface area contributed by atoms with Gasteiger partial charge < -0.3 is 14.1 Å². The van der Waals surface area contributed by atoms with E-state index in [-0.39, 0.29) is 11.9 Å². The number of furan rings is 1. The van der Waals surface area contributed by atoms with Gasteiger partial charge >= 0.3 is 5.97 Å². The summed E-state index contributed by atoms with van der Waals surface area (Å²) in [7, 11) is 0. The van der Waals surface area contributed by atoms with E-state index in [0.717, 1.165) is 38.6 Å². The minimum absolute atomic E-state index is 0.0588. The Kier molecular flexibility index (Phi) is 12.9. The van der Waals surface area contributed by atoms with E-state index in [0.29, 0.717) is 39.8 Å². The lowest BCUT2D eigenvalue weighted by molar-refractivity contribution is 0.0378. The van der Waals surface area contributed by atoms with Crippen LogP contribution >= 0.6 is 0 Å². The fourth-order valence-electron chi connectivity index (χ4n) is 5.09. The van der Waals surface area contributed by atoms with Gasteiger partial charge in [0.1, 0.15) is 11.3 Å². The van der Waals surface area contributed by atoms with Crippen molar-refractivity contribution in [2.24, 2.45) is 0 Å². The molecule has 0 bridgehead atoms. The van der Waals surface area contributed by atoms with Crippen molar-refractivity contribution < 1.29 is 18.7 Å². The van der Waals surface area contributed by atoms with Crippen molar-refractivity contribution in [3.05, 3.63) is 70.5 Å². The summed E-state index contributed by atoms with van der Waals surface area (Å²) in [4.78, 5) is 29.1. The van der Waals surface area contributed by atoms with Gasteiger partial charge in [0.2, 0.25) is 0 Å². The molecule has 218 valence electrons. The molecule has 0 unspecified atom stereocenters. The maximum absolute atomic E-state index is 13.9. The molecule has 0 N–H and O–H groups in total. The number of ketones is 1. The molecule has 0 saturated heterocycles. The van der Waals surface area contributed by atoms with E-state index in [2.05, 4.69) is 37.8 Å². The monoisotopic (exact) mass is 547 g/mol. The molecule has 5 heteroatoms. The number of aryl methyl sites for hydroxylation is 2. The van der Waals surface area contributed by atoms with Crippen LogP contribution in [0.15, 0.2) is 46.9 Å². The number of nitrogens with zero attached hydrogens (tertiary/aromatic N) is 1. The molecule has 3 aromatic rings. The summed E-state index contributed by atoms with van der Waals surface area (Å²) in [5.74, 6) is 0.249. The molecule has 0 spiro atoms. The largest absolute Gasteiger partial charge is 0.460 e. The Bertz CT molecular complexity index is 1200. The molecule has 0 aliphatic heterocycles. The standard InChI is InChI=1S/C35H49NO4/c1-6-9-12-15-32-33(30-25-29(20-21-31(30)40-32)35(38)39-26(4)5)34(37)28-18-16-27(17-19-28)14-13-24-36(22-10-7-2)23-11-8-3/h16-21,25-26H,6-15,22-24H2,1-5H3. The van der Waals surface area contributed by atoms with Crippen molar-refractivity contribution in [1.82, 2.24) is 4.90 Å². The number of hydrogen-bond donors (Lipinski definition) is 0. The molecule has 0 aliphatic carbocycles. The first-order chi connectivity index (χ1) is 19.4. The van der Waals surface area contributed by atoms with E-state index in [1.807, 2.05) is 26.0 Å². The molecule has 40 heavy (non-hydrogen) atoms. The molecule has 1 heterocycles. The van der Waals surface area contributed by atoms with E-state index in [9.17, 15) is 9.59 Å². The first-order valence-electron chi connectivity index (χ1n) is 15.5. The Hall–Kier alpha value is -2.92. The highest BCUT2D eigenvalue weighted by Crippen LogP contribution is 2.31. The van der Waals surface area contributed by atoms with Gasteiger partial charge in [-0.3, -0.25) is 4.79 Å². The number of hydrogen-bond acceptors (Lipinski definition) is 5. The molecule has 0 atom stereocenters. The van der Waals surface area contributed by atoms with Gasteiger partial charge in [0, 0.05) is 17.4 Å². The molecule has 3 rings (SSSR count). The van der Waals surface area contributed by atoms with E-state index in [1.165, 1.54) is 44.3 Å². The number of carbonyl (C=O) groups is 2. The second-order valence-electron chi connectivity index (χ2n) is 11.2. The SMILES string of the molecule is CCCCCc1oc2ccc(C(=O)OC(C)C)cc2c1C(=O)c1ccc(CCCN(CCCC)CCCC)cc1. The van der Waals surface area contributed by atoms with Crippen LogP contribution < -0.4 is 0 Å². The Morgan fingerprint density at radius 3 is 2.02 bits per heavy atom. The minimum atomic E-state index is -0.392. The van der Waals surface area contributed by atoms with E-state index >= 15 is 0 Å². The molecule has 0 saturated carbocycles. The number of rotatable bonds is 18. The van der Waals surface area contributed by atoms with Crippen LogP contribution in [-0.2, 0) is 17.6 Å². The number of esters is 1. The van der Waals surface area contributed by atoms with Crippen molar-refractivity contribution in [3.63, 3.8) is 0 Å². The van der Waals surface area contributed by atoms with Crippen molar-refractivity contribution in [2.75, 3.05) is 19.6 Å². The Morgan fingerprint density at radius 1 is 0.775 bits per heavy atom. The van der Waals surface area contributed by atoms with Crippen LogP contribution in [0.25, 0.3) is 11.0 Å². The highest BCUT2D eigenvalue weighted by Gasteiger charge is 2.23. The second-order valence-corrected chi connectivity index (χ2v) is 11.2. The van der Waals surface area contributed by atoms with Crippen molar-refractivity contribution >= 4 is 22.7 Å². The van der Waals surface area contributed by atoms with E-state index < -0.39 is 5.97 Å². The topological polar surface area (TPSA) is 59.8 Å². The maximum Gasteiger partial charge on any atom is 0.338 e. The van der Waals surface area contributed by atoms with Crippen LogP contribution in [0.3, 0.4) is 0 Å². The minimum Gasteiger partial charge on any atom is -0.460 e. The van der Waals surface area contributed by atoms with Gasteiger partial charge in [-0.25, -0.2) is 4.79 Å². The van der Waals surface area contributed by atoms with Gasteiger partial charge in [-0.1, -0.05) is 70.7 Å². The average molecular weight is 548 g/mol. The third kappa shape index (κ3) is 9.05. The summed E-state index contributed by atoms with van der Waals surface area (Å²) in [5.41, 5.74) is 3.52. The smallest absolute Gasteiger partial charge is 0.338 e. The molecule has 5 nitrogen and oxygen atoms in total. The summed E-state index contributed by atoms with van der Waals surface area (Å²) in [6.07, 6.45) is 10.7. The Labute approximate surface area is 241 Å². The van der Waals surface area contributed by atoms with Gasteiger partial charge in [0.05, 0.1) is 17.2 Å². The highest BCUT2D eigenvalue weighted by molar-refractivity contribution is 6.17. The third-order valence-electron chi connectivity index (χ3n) is 7.39. The molecule has 0 radical (unpaired) electrons. The lowest BCUT2D eigenvalue weighted by atomic mass is 9.96. The first kappa shape index (κ1) is 31.6. The number of fused-ring (bicyclic) bond motifs is 1. The van der Waals surface area contributed by atoms with Crippen LogP contribution in [-0.4, -0.2) is 42.4 Å². The first-order valence-corrected chi connectivity index (χ1v) is 15.5. The van der Waals surface area contributed by atoms with Crippen molar-refractivity contribution in [1.29, 1.82) is 0 Å². The molecule has 1 aromatic heterocycles. The summed E-state index contributed by atoms with van der Waals surface area (Å²) in [5, 5.41) is 0.679. The quantitative estimate of drug-likeness (QED) is 0.0905. The summed E-state index contributed by atoms with van der Waals surface area (Å²) in [6.45, 7) is 13.8. The van der Waals surface area contributed by atoms with Crippen LogP contribution in [0.2, 0.25) is 0 Å². The van der Waals surface area contributed by atoms with Crippen molar-refractivity contribution in [3.8, 4) is 0 Å². The summed E-state index contributed by atoms with van der Waals surface area (Å²) in [6, 6.07) is 13.3. The molecular formula is C35H49NO4. The van der Waals surface area contributed by atoms with E-state index in [4.69, 9.17) is 9.15 Å². The molecule has 0 amide bonds. The fourth-order valence-corrected chi connectivity index (χ4v) is 5.09. The van der Waals surface area contributed by atoms with Crippen LogP contribution in [0.4, 0.5) is 0 Å². The predicted molar refractivity (Wildman–Crippen MR) is 164 cm³/mol. The van der Waals surface area contributed by atoms with E-state index in [1.54, 1.807) is 18.2 Å². The molecule has 0 aliphatic rings. The zero-order valence-electron chi connectivity index (χ0n) is 25.4. The molecule has 0 fully saturated rings. The van der Waals surface area contributed by atoms with Crippen molar-refractivity contribution in [2.45, 2.75) is 105 Å². The van der Waals surface area contributed by atoms with Gasteiger partial charge in [0.15, 0.2) is 5.78 Å². The summed E-state index contributed by atoms with van der Waals surface area (Å²) >= 11 is 0. The average Bonchev–Trinajstić information content (AvgIpc) is 3.31. The number of carbonyl (C=O) groups excluding carboxylic acids is 2. The predicted octanol–water partition coefficient (Wildman–Crippen LogP) is 8.80. The van der Waals surface area contributed by atoms with Crippen LogP contribution in [0.5, 0.6) is 0 Å². The van der Waals surface area contributed by atoms with Gasteiger partial charge in [-0.05, 0) is 89.3 Å². The lowest BCUT2D eigenvalue weighted by Gasteiger charge is -2.21. The maximum atomic E-state index is 13.9.